The number of carbonyl (C=O) groups excluding carboxylic acids is 1. The van der Waals surface area contributed by atoms with Gasteiger partial charge in [-0.15, -0.1) is 0 Å². The first-order valence-electron chi connectivity index (χ1n) is 7.06. The van der Waals surface area contributed by atoms with Crippen molar-refractivity contribution in [2.45, 2.75) is 11.9 Å². The van der Waals surface area contributed by atoms with Gasteiger partial charge in [0.1, 0.15) is 0 Å². The quantitative estimate of drug-likeness (QED) is 0.732. The Morgan fingerprint density at radius 1 is 1.05 bits per heavy atom. The maximum absolute atomic E-state index is 12.0. The van der Waals surface area contributed by atoms with Crippen LogP contribution in [0.3, 0.4) is 0 Å². The Labute approximate surface area is 133 Å². The van der Waals surface area contributed by atoms with Gasteiger partial charge in [0.2, 0.25) is 5.91 Å². The van der Waals surface area contributed by atoms with Crippen LogP contribution in [0, 0.1) is 6.92 Å². The summed E-state index contributed by atoms with van der Waals surface area (Å²) >= 11 is 1.44. The zero-order chi connectivity index (χ0) is 15.4. The largest absolute Gasteiger partial charge is 0.325 e. The number of hydrogen-bond donors (Lipinski definition) is 1. The Morgan fingerprint density at radius 3 is 2.64 bits per heavy atom. The summed E-state index contributed by atoms with van der Waals surface area (Å²) in [5.41, 5.74) is 2.95. The van der Waals surface area contributed by atoms with Crippen molar-refractivity contribution in [2.24, 2.45) is 0 Å². The molecule has 1 N–H and O–H groups in total. The maximum Gasteiger partial charge on any atom is 0.234 e. The van der Waals surface area contributed by atoms with E-state index in [0.717, 1.165) is 21.6 Å². The molecule has 0 aliphatic rings. The highest BCUT2D eigenvalue weighted by atomic mass is 32.2. The van der Waals surface area contributed by atoms with Gasteiger partial charge in [0.25, 0.3) is 0 Å². The summed E-state index contributed by atoms with van der Waals surface area (Å²) in [6, 6.07) is 19.7. The van der Waals surface area contributed by atoms with Crippen molar-refractivity contribution in [1.82, 2.24) is 4.98 Å². The lowest BCUT2D eigenvalue weighted by atomic mass is 10.2. The number of nitrogens with one attached hydrogen (secondary N) is 1. The molecule has 110 valence electrons. The number of anilines is 1. The number of para-hydroxylation sites is 1. The van der Waals surface area contributed by atoms with E-state index < -0.39 is 0 Å². The molecule has 3 nitrogen and oxygen atoms in total. The van der Waals surface area contributed by atoms with Crippen molar-refractivity contribution in [1.29, 1.82) is 0 Å². The van der Waals surface area contributed by atoms with Crippen LogP contribution in [0.15, 0.2) is 65.7 Å². The number of rotatable bonds is 4. The monoisotopic (exact) mass is 308 g/mol. The zero-order valence-corrected chi connectivity index (χ0v) is 13.1. The van der Waals surface area contributed by atoms with Crippen molar-refractivity contribution in [3.8, 4) is 0 Å². The standard InChI is InChI=1S/C18H16N2OS/c1-13-6-9-15(10-7-13)19-17(21)12-22-18-11-8-14-4-2-3-5-16(14)20-18/h2-11H,12H2,1H3,(H,19,21). The Bertz CT molecular complexity index is 800. The molecule has 0 aliphatic carbocycles. The average Bonchev–Trinajstić information content (AvgIpc) is 2.55. The molecule has 1 aromatic heterocycles. The molecule has 2 aromatic carbocycles. The van der Waals surface area contributed by atoms with E-state index in [1.807, 2.05) is 67.6 Å². The van der Waals surface area contributed by atoms with E-state index in [1.165, 1.54) is 17.3 Å². The highest BCUT2D eigenvalue weighted by Gasteiger charge is 2.05. The predicted octanol–water partition coefficient (Wildman–Crippen LogP) is 4.27. The third kappa shape index (κ3) is 3.65. The van der Waals surface area contributed by atoms with Crippen molar-refractivity contribution in [3.05, 3.63) is 66.2 Å². The Balaban J connectivity index is 1.60. The Hall–Kier alpha value is -2.33. The summed E-state index contributed by atoms with van der Waals surface area (Å²) < 4.78 is 0. The molecule has 0 saturated heterocycles. The predicted molar refractivity (Wildman–Crippen MR) is 92.3 cm³/mol. The number of amides is 1. The molecule has 0 unspecified atom stereocenters. The molecule has 22 heavy (non-hydrogen) atoms. The van der Waals surface area contributed by atoms with Crippen LogP contribution in [0.1, 0.15) is 5.56 Å². The third-order valence-corrected chi connectivity index (χ3v) is 4.19. The minimum atomic E-state index is -0.0242. The van der Waals surface area contributed by atoms with Crippen LogP contribution < -0.4 is 5.32 Å². The highest BCUT2D eigenvalue weighted by Crippen LogP contribution is 2.20. The molecule has 0 radical (unpaired) electrons. The van der Waals surface area contributed by atoms with Gasteiger partial charge in [0.05, 0.1) is 16.3 Å². The molecule has 3 aromatic rings. The van der Waals surface area contributed by atoms with Crippen LogP contribution in [-0.4, -0.2) is 16.6 Å². The first-order chi connectivity index (χ1) is 10.7. The molecule has 1 heterocycles. The topological polar surface area (TPSA) is 42.0 Å². The fourth-order valence-electron chi connectivity index (χ4n) is 2.10. The first kappa shape index (κ1) is 14.6. The van der Waals surface area contributed by atoms with E-state index in [4.69, 9.17) is 0 Å². The smallest absolute Gasteiger partial charge is 0.234 e. The van der Waals surface area contributed by atoms with Crippen molar-refractivity contribution >= 4 is 34.3 Å². The van der Waals surface area contributed by atoms with Gasteiger partial charge in [-0.2, -0.15) is 0 Å². The summed E-state index contributed by atoms with van der Waals surface area (Å²) in [4.78, 5) is 16.5. The van der Waals surface area contributed by atoms with Gasteiger partial charge in [-0.25, -0.2) is 4.98 Å². The lowest BCUT2D eigenvalue weighted by Gasteiger charge is -2.06. The fraction of sp³-hybridized carbons (Fsp3) is 0.111. The van der Waals surface area contributed by atoms with Gasteiger partial charge in [0.15, 0.2) is 0 Å². The van der Waals surface area contributed by atoms with Gasteiger partial charge in [-0.1, -0.05) is 53.7 Å². The van der Waals surface area contributed by atoms with Crippen LogP contribution in [-0.2, 0) is 4.79 Å². The van der Waals surface area contributed by atoms with E-state index in [2.05, 4.69) is 10.3 Å². The van der Waals surface area contributed by atoms with Crippen molar-refractivity contribution in [2.75, 3.05) is 11.1 Å². The van der Waals surface area contributed by atoms with Gasteiger partial charge >= 0.3 is 0 Å². The molecule has 0 atom stereocenters. The molecule has 0 fully saturated rings. The van der Waals surface area contributed by atoms with Crippen LogP contribution in [0.25, 0.3) is 10.9 Å². The lowest BCUT2D eigenvalue weighted by Crippen LogP contribution is -2.14. The molecule has 4 heteroatoms. The fourth-order valence-corrected chi connectivity index (χ4v) is 2.78. The molecule has 0 aliphatic heterocycles. The summed E-state index contributed by atoms with van der Waals surface area (Å²) in [5.74, 6) is 0.322. The van der Waals surface area contributed by atoms with Crippen molar-refractivity contribution in [3.63, 3.8) is 0 Å². The zero-order valence-electron chi connectivity index (χ0n) is 12.2. The van der Waals surface area contributed by atoms with E-state index in [-0.39, 0.29) is 5.91 Å². The second-order valence-electron chi connectivity index (χ2n) is 5.05. The van der Waals surface area contributed by atoms with Crippen LogP contribution in [0.5, 0.6) is 0 Å². The first-order valence-corrected chi connectivity index (χ1v) is 8.04. The highest BCUT2D eigenvalue weighted by molar-refractivity contribution is 7.99. The molecule has 0 saturated carbocycles. The van der Waals surface area contributed by atoms with Crippen molar-refractivity contribution < 1.29 is 4.79 Å². The second kappa shape index (κ2) is 6.62. The molecular weight excluding hydrogens is 292 g/mol. The van der Waals surface area contributed by atoms with E-state index in [1.54, 1.807) is 0 Å². The van der Waals surface area contributed by atoms with E-state index in [0.29, 0.717) is 5.75 Å². The molecular formula is C18H16N2OS. The second-order valence-corrected chi connectivity index (χ2v) is 6.04. The molecule has 0 spiro atoms. The number of aryl methyl sites for hydroxylation is 1. The number of thioether (sulfide) groups is 1. The third-order valence-electron chi connectivity index (χ3n) is 3.26. The number of fused-ring (bicyclic) bond motifs is 1. The summed E-state index contributed by atoms with van der Waals surface area (Å²) in [6.45, 7) is 2.02. The number of carbonyl (C=O) groups is 1. The van der Waals surface area contributed by atoms with Gasteiger partial charge in [-0.3, -0.25) is 4.79 Å². The Morgan fingerprint density at radius 2 is 1.82 bits per heavy atom. The molecule has 1 amide bonds. The number of pyridine rings is 1. The number of benzene rings is 2. The van der Waals surface area contributed by atoms with Gasteiger partial charge in [0, 0.05) is 11.1 Å². The van der Waals surface area contributed by atoms with Gasteiger partial charge < -0.3 is 5.32 Å². The average molecular weight is 308 g/mol. The minimum Gasteiger partial charge on any atom is -0.325 e. The van der Waals surface area contributed by atoms with Crippen LogP contribution in [0.2, 0.25) is 0 Å². The normalized spacial score (nSPS) is 10.6. The Kier molecular flexibility index (Phi) is 4.39. The summed E-state index contributed by atoms with van der Waals surface area (Å²) in [6.07, 6.45) is 0. The number of hydrogen-bond acceptors (Lipinski definition) is 3. The van der Waals surface area contributed by atoms with Crippen LogP contribution >= 0.6 is 11.8 Å². The number of nitrogens with zero attached hydrogens (tertiary/aromatic N) is 1. The van der Waals surface area contributed by atoms with E-state index in [9.17, 15) is 4.79 Å². The molecule has 0 bridgehead atoms. The van der Waals surface area contributed by atoms with Crippen LogP contribution in [0.4, 0.5) is 5.69 Å². The lowest BCUT2D eigenvalue weighted by molar-refractivity contribution is -0.113. The number of aromatic nitrogens is 1. The molecule has 3 rings (SSSR count). The van der Waals surface area contributed by atoms with Gasteiger partial charge in [-0.05, 0) is 31.2 Å². The minimum absolute atomic E-state index is 0.0242. The SMILES string of the molecule is Cc1ccc(NC(=O)CSc2ccc3ccccc3n2)cc1. The summed E-state index contributed by atoms with van der Waals surface area (Å²) in [7, 11) is 0. The summed E-state index contributed by atoms with van der Waals surface area (Å²) in [5, 5.41) is 4.86. The maximum atomic E-state index is 12.0. The van der Waals surface area contributed by atoms with E-state index >= 15 is 0 Å².